The number of primary amides is 1. The zero-order valence-corrected chi connectivity index (χ0v) is 10.0. The molecule has 0 aromatic rings. The van der Waals surface area contributed by atoms with E-state index in [1.54, 1.807) is 0 Å². The van der Waals surface area contributed by atoms with Gasteiger partial charge in [0, 0.05) is 6.04 Å². The lowest BCUT2D eigenvalue weighted by Gasteiger charge is -2.19. The van der Waals surface area contributed by atoms with Crippen molar-refractivity contribution in [2.75, 3.05) is 0 Å². The van der Waals surface area contributed by atoms with E-state index >= 15 is 0 Å². The molecule has 15 heavy (non-hydrogen) atoms. The van der Waals surface area contributed by atoms with Crippen molar-refractivity contribution in [2.45, 2.75) is 46.6 Å². The number of carbonyl (C=O) groups is 2. The van der Waals surface area contributed by atoms with Crippen LogP contribution in [0.25, 0.3) is 0 Å². The largest absolute Gasteiger partial charge is 0.361 e. The van der Waals surface area contributed by atoms with Crippen LogP contribution in [0.15, 0.2) is 0 Å². The highest BCUT2D eigenvalue weighted by Gasteiger charge is 2.15. The van der Waals surface area contributed by atoms with Crippen molar-refractivity contribution in [3.05, 3.63) is 0 Å². The maximum absolute atomic E-state index is 11.0. The van der Waals surface area contributed by atoms with E-state index in [-0.39, 0.29) is 6.04 Å². The van der Waals surface area contributed by atoms with Gasteiger partial charge in [0.25, 0.3) is 0 Å². The monoisotopic (exact) mass is 214 g/mol. The van der Waals surface area contributed by atoms with Crippen LogP contribution in [-0.2, 0) is 9.59 Å². The van der Waals surface area contributed by atoms with Crippen molar-refractivity contribution < 1.29 is 9.59 Å². The summed E-state index contributed by atoms with van der Waals surface area (Å²) in [4.78, 5) is 21.5. The molecule has 2 amide bonds. The van der Waals surface area contributed by atoms with E-state index in [2.05, 4.69) is 26.1 Å². The smallest absolute Gasteiger partial charge is 0.309 e. The molecule has 0 rings (SSSR count). The van der Waals surface area contributed by atoms with Crippen molar-refractivity contribution in [1.82, 2.24) is 5.32 Å². The third-order valence-electron chi connectivity index (χ3n) is 2.23. The molecule has 3 N–H and O–H groups in total. The molecular formula is C11H22N2O2. The van der Waals surface area contributed by atoms with Gasteiger partial charge in [-0.1, -0.05) is 20.8 Å². The fraction of sp³-hybridized carbons (Fsp3) is 0.818. The number of hydrogen-bond acceptors (Lipinski definition) is 2. The molecule has 2 unspecified atom stereocenters. The molecule has 0 saturated carbocycles. The molecule has 0 aromatic carbocycles. The fourth-order valence-corrected chi connectivity index (χ4v) is 1.86. The topological polar surface area (TPSA) is 72.2 Å². The maximum Gasteiger partial charge on any atom is 0.309 e. The summed E-state index contributed by atoms with van der Waals surface area (Å²) in [5.74, 6) is -0.426. The highest BCUT2D eigenvalue weighted by Crippen LogP contribution is 2.16. The zero-order valence-electron chi connectivity index (χ0n) is 10.0. The highest BCUT2D eigenvalue weighted by atomic mass is 16.2. The van der Waals surface area contributed by atoms with Crippen molar-refractivity contribution in [3.63, 3.8) is 0 Å². The Morgan fingerprint density at radius 2 is 1.67 bits per heavy atom. The molecule has 0 aliphatic rings. The van der Waals surface area contributed by atoms with Crippen LogP contribution in [0.4, 0.5) is 0 Å². The first-order valence-corrected chi connectivity index (χ1v) is 5.43. The first-order chi connectivity index (χ1) is 6.82. The number of nitrogens with one attached hydrogen (secondary N) is 1. The summed E-state index contributed by atoms with van der Waals surface area (Å²) in [5.41, 5.74) is 4.84. The molecule has 0 aromatic heterocycles. The minimum atomic E-state index is -0.918. The predicted molar refractivity (Wildman–Crippen MR) is 60.0 cm³/mol. The summed E-state index contributed by atoms with van der Waals surface area (Å²) in [6.45, 7) is 8.37. The van der Waals surface area contributed by atoms with Crippen LogP contribution in [0.2, 0.25) is 0 Å². The third kappa shape index (κ3) is 6.94. The molecule has 0 radical (unpaired) electrons. The van der Waals surface area contributed by atoms with Gasteiger partial charge in [0.05, 0.1) is 0 Å². The van der Waals surface area contributed by atoms with Gasteiger partial charge in [-0.25, -0.2) is 0 Å². The van der Waals surface area contributed by atoms with Gasteiger partial charge in [0.2, 0.25) is 0 Å². The van der Waals surface area contributed by atoms with Gasteiger partial charge in [-0.3, -0.25) is 9.59 Å². The molecule has 0 spiro atoms. The number of carbonyl (C=O) groups excluding carboxylic acids is 2. The van der Waals surface area contributed by atoms with Crippen LogP contribution in [0, 0.1) is 11.8 Å². The molecule has 4 nitrogen and oxygen atoms in total. The molecule has 2 atom stereocenters. The van der Waals surface area contributed by atoms with Crippen molar-refractivity contribution in [1.29, 1.82) is 0 Å². The van der Waals surface area contributed by atoms with Gasteiger partial charge >= 0.3 is 11.8 Å². The lowest BCUT2D eigenvalue weighted by molar-refractivity contribution is -0.137. The Bertz CT molecular complexity index is 227. The van der Waals surface area contributed by atoms with Gasteiger partial charge in [-0.05, 0) is 31.6 Å². The molecule has 0 bridgehead atoms. The lowest BCUT2D eigenvalue weighted by Crippen LogP contribution is -2.41. The van der Waals surface area contributed by atoms with Crippen LogP contribution < -0.4 is 11.1 Å². The summed E-state index contributed by atoms with van der Waals surface area (Å²) in [5, 5.41) is 2.57. The third-order valence-corrected chi connectivity index (χ3v) is 2.23. The van der Waals surface area contributed by atoms with E-state index < -0.39 is 11.8 Å². The summed E-state index contributed by atoms with van der Waals surface area (Å²) in [6.07, 6.45) is 1.99. The SMILES string of the molecule is CC(C)CC(C)CC(C)NC(=O)C(N)=O. The summed E-state index contributed by atoms with van der Waals surface area (Å²) < 4.78 is 0. The molecule has 0 saturated heterocycles. The van der Waals surface area contributed by atoms with Gasteiger partial charge < -0.3 is 11.1 Å². The van der Waals surface area contributed by atoms with E-state index in [4.69, 9.17) is 5.73 Å². The van der Waals surface area contributed by atoms with Crippen LogP contribution in [-0.4, -0.2) is 17.9 Å². The molecule has 0 fully saturated rings. The fourth-order valence-electron chi connectivity index (χ4n) is 1.86. The van der Waals surface area contributed by atoms with E-state index in [9.17, 15) is 9.59 Å². The van der Waals surface area contributed by atoms with Crippen LogP contribution >= 0.6 is 0 Å². The van der Waals surface area contributed by atoms with Crippen molar-refractivity contribution in [2.24, 2.45) is 17.6 Å². The maximum atomic E-state index is 11.0. The summed E-state index contributed by atoms with van der Waals surface area (Å²) in [6, 6.07) is -0.00116. The average Bonchev–Trinajstić information content (AvgIpc) is 2.00. The van der Waals surface area contributed by atoms with Crippen molar-refractivity contribution >= 4 is 11.8 Å². The van der Waals surface area contributed by atoms with Crippen molar-refractivity contribution in [3.8, 4) is 0 Å². The zero-order chi connectivity index (χ0) is 12.0. The van der Waals surface area contributed by atoms with Gasteiger partial charge in [-0.15, -0.1) is 0 Å². The van der Waals surface area contributed by atoms with Crippen LogP contribution in [0.5, 0.6) is 0 Å². The Balaban J connectivity index is 3.87. The standard InChI is InChI=1S/C11H22N2O2/c1-7(2)5-8(3)6-9(4)13-11(15)10(12)14/h7-9H,5-6H2,1-4H3,(H2,12,14)(H,13,15). The first-order valence-electron chi connectivity index (χ1n) is 5.43. The molecule has 4 heteroatoms. The minimum absolute atomic E-state index is 0.00116. The Morgan fingerprint density at radius 1 is 1.13 bits per heavy atom. The Kier molecular flexibility index (Phi) is 5.97. The molecule has 0 aliphatic heterocycles. The van der Waals surface area contributed by atoms with E-state index in [0.717, 1.165) is 12.8 Å². The second-order valence-electron chi connectivity index (χ2n) is 4.71. The van der Waals surface area contributed by atoms with Gasteiger partial charge in [0.1, 0.15) is 0 Å². The highest BCUT2D eigenvalue weighted by molar-refractivity contribution is 6.34. The normalized spacial score (nSPS) is 14.7. The van der Waals surface area contributed by atoms with Crippen LogP contribution in [0.1, 0.15) is 40.5 Å². The Morgan fingerprint density at radius 3 is 2.07 bits per heavy atom. The molecule has 0 heterocycles. The average molecular weight is 214 g/mol. The van der Waals surface area contributed by atoms with E-state index in [1.165, 1.54) is 0 Å². The Labute approximate surface area is 91.6 Å². The number of hydrogen-bond donors (Lipinski definition) is 2. The predicted octanol–water partition coefficient (Wildman–Crippen LogP) is 1.05. The van der Waals surface area contributed by atoms with Crippen LogP contribution in [0.3, 0.4) is 0 Å². The first kappa shape index (κ1) is 13.9. The van der Waals surface area contributed by atoms with E-state index in [1.807, 2.05) is 6.92 Å². The van der Waals surface area contributed by atoms with E-state index in [0.29, 0.717) is 11.8 Å². The summed E-state index contributed by atoms with van der Waals surface area (Å²) >= 11 is 0. The second-order valence-corrected chi connectivity index (χ2v) is 4.71. The number of amides is 2. The number of nitrogens with two attached hydrogens (primary N) is 1. The Hall–Kier alpha value is -1.06. The molecule has 0 aliphatic carbocycles. The number of rotatable bonds is 5. The van der Waals surface area contributed by atoms with Gasteiger partial charge in [-0.2, -0.15) is 0 Å². The minimum Gasteiger partial charge on any atom is -0.361 e. The summed E-state index contributed by atoms with van der Waals surface area (Å²) in [7, 11) is 0. The molecular weight excluding hydrogens is 192 g/mol. The second kappa shape index (κ2) is 6.43. The quantitative estimate of drug-likeness (QED) is 0.671. The molecule has 88 valence electrons. The lowest BCUT2D eigenvalue weighted by atomic mass is 9.93. The van der Waals surface area contributed by atoms with Gasteiger partial charge in [0.15, 0.2) is 0 Å².